The molecule has 0 amide bonds. The summed E-state index contributed by atoms with van der Waals surface area (Å²) in [6, 6.07) is 5.62. The molecule has 0 aliphatic carbocycles. The maximum absolute atomic E-state index is 12.9. The van der Waals surface area contributed by atoms with Crippen LogP contribution in [0.5, 0.6) is 0 Å². The first-order valence-corrected chi connectivity index (χ1v) is 9.11. The number of thiophene rings is 1. The van der Waals surface area contributed by atoms with Gasteiger partial charge in [0.05, 0.1) is 18.0 Å². The van der Waals surface area contributed by atoms with E-state index in [1.54, 1.807) is 19.9 Å². The van der Waals surface area contributed by atoms with Crippen molar-refractivity contribution in [3.8, 4) is 10.6 Å². The second kappa shape index (κ2) is 6.84. The predicted octanol–water partition coefficient (Wildman–Crippen LogP) is 3.24. The minimum Gasteiger partial charge on any atom is -0.462 e. The van der Waals surface area contributed by atoms with Crippen molar-refractivity contribution in [2.24, 2.45) is 0 Å². The van der Waals surface area contributed by atoms with Crippen LogP contribution in [-0.4, -0.2) is 27.3 Å². The molecule has 4 rings (SSSR count). The van der Waals surface area contributed by atoms with Crippen molar-refractivity contribution in [3.63, 3.8) is 0 Å². The molecule has 0 unspecified atom stereocenters. The molecule has 4 aromatic rings. The second-order valence-corrected chi connectivity index (χ2v) is 6.72. The highest BCUT2D eigenvalue weighted by Crippen LogP contribution is 2.25. The Morgan fingerprint density at radius 3 is 3.00 bits per heavy atom. The Kier molecular flexibility index (Phi) is 4.36. The van der Waals surface area contributed by atoms with Crippen molar-refractivity contribution < 1.29 is 18.5 Å². The van der Waals surface area contributed by atoms with Crippen LogP contribution in [0.3, 0.4) is 0 Å². The third-order valence-electron chi connectivity index (χ3n) is 3.99. The topological polar surface area (TPSA) is 100 Å². The Morgan fingerprint density at radius 1 is 1.41 bits per heavy atom. The van der Waals surface area contributed by atoms with Crippen molar-refractivity contribution >= 4 is 28.4 Å². The van der Waals surface area contributed by atoms with Gasteiger partial charge in [0.25, 0.3) is 5.56 Å². The number of rotatable bonds is 5. The van der Waals surface area contributed by atoms with Crippen LogP contribution in [0.15, 0.2) is 43.6 Å². The van der Waals surface area contributed by atoms with Crippen molar-refractivity contribution in [3.05, 3.63) is 57.3 Å². The molecular weight excluding hydrogens is 370 g/mol. The lowest BCUT2D eigenvalue weighted by Gasteiger charge is -2.03. The zero-order valence-corrected chi connectivity index (χ0v) is 15.4. The first-order chi connectivity index (χ1) is 13.1. The quantitative estimate of drug-likeness (QED) is 0.486. The van der Waals surface area contributed by atoms with Gasteiger partial charge in [-0.3, -0.25) is 9.36 Å². The number of aromatic nitrogens is 3. The number of nitrogens with zero attached hydrogens (tertiary/aromatic N) is 3. The molecule has 0 atom stereocenters. The number of hydrogen-bond acceptors (Lipinski definition) is 8. The Labute approximate surface area is 157 Å². The van der Waals surface area contributed by atoms with E-state index >= 15 is 0 Å². The van der Waals surface area contributed by atoms with Crippen molar-refractivity contribution in [2.75, 3.05) is 6.61 Å². The zero-order chi connectivity index (χ0) is 19.0. The van der Waals surface area contributed by atoms with E-state index in [0.29, 0.717) is 17.2 Å². The summed E-state index contributed by atoms with van der Waals surface area (Å²) >= 11 is 1.53. The first kappa shape index (κ1) is 17.2. The fourth-order valence-corrected chi connectivity index (χ4v) is 3.47. The monoisotopic (exact) mass is 385 g/mol. The van der Waals surface area contributed by atoms with Gasteiger partial charge in [-0.2, -0.15) is 0 Å². The van der Waals surface area contributed by atoms with Crippen LogP contribution in [0, 0.1) is 6.92 Å². The summed E-state index contributed by atoms with van der Waals surface area (Å²) in [5.41, 5.74) is 0.384. The minimum atomic E-state index is -0.605. The molecule has 0 aromatic carbocycles. The van der Waals surface area contributed by atoms with Crippen molar-refractivity contribution in [2.45, 2.75) is 20.4 Å². The van der Waals surface area contributed by atoms with E-state index in [1.165, 1.54) is 22.2 Å². The summed E-state index contributed by atoms with van der Waals surface area (Å²) in [5.74, 6) is 0.326. The molecular formula is C18H15N3O5S. The number of carbonyl (C=O) groups excluding carboxylic acids is 1. The Hall–Kier alpha value is -3.20. The molecule has 0 aliphatic heterocycles. The fourth-order valence-electron chi connectivity index (χ4n) is 2.79. The highest BCUT2D eigenvalue weighted by atomic mass is 32.1. The molecule has 27 heavy (non-hydrogen) atoms. The maximum atomic E-state index is 12.9. The first-order valence-electron chi connectivity index (χ1n) is 8.23. The fraction of sp³-hybridized carbons (Fsp3) is 0.222. The largest absolute Gasteiger partial charge is 0.462 e. The molecule has 138 valence electrons. The molecule has 4 heterocycles. The smallest absolute Gasteiger partial charge is 0.342 e. The normalized spacial score (nSPS) is 11.2. The van der Waals surface area contributed by atoms with Gasteiger partial charge < -0.3 is 13.7 Å². The van der Waals surface area contributed by atoms with Crippen LogP contribution >= 0.6 is 11.3 Å². The van der Waals surface area contributed by atoms with E-state index in [4.69, 9.17) is 13.7 Å². The van der Waals surface area contributed by atoms with Gasteiger partial charge >= 0.3 is 5.97 Å². The number of furan rings is 1. The van der Waals surface area contributed by atoms with Gasteiger partial charge in [-0.05, 0) is 25.3 Å². The second-order valence-electron chi connectivity index (χ2n) is 5.77. The molecule has 0 radical (unpaired) electrons. The Bertz CT molecular complexity index is 1170. The number of aryl methyl sites for hydroxylation is 1. The van der Waals surface area contributed by atoms with E-state index in [9.17, 15) is 9.59 Å². The predicted molar refractivity (Wildman–Crippen MR) is 97.9 cm³/mol. The van der Waals surface area contributed by atoms with E-state index < -0.39 is 11.5 Å². The van der Waals surface area contributed by atoms with E-state index in [0.717, 1.165) is 4.88 Å². The molecule has 8 nitrogen and oxygen atoms in total. The molecule has 0 saturated heterocycles. The van der Waals surface area contributed by atoms with Gasteiger partial charge in [0.15, 0.2) is 5.76 Å². The average molecular weight is 385 g/mol. The van der Waals surface area contributed by atoms with Crippen LogP contribution in [0.2, 0.25) is 0 Å². The lowest BCUT2D eigenvalue weighted by atomic mass is 10.2. The Morgan fingerprint density at radius 2 is 2.26 bits per heavy atom. The molecule has 0 spiro atoms. The van der Waals surface area contributed by atoms with Gasteiger partial charge in [-0.1, -0.05) is 11.2 Å². The highest BCUT2D eigenvalue weighted by molar-refractivity contribution is 7.13. The summed E-state index contributed by atoms with van der Waals surface area (Å²) in [6.07, 6.45) is 1.36. The number of fused-ring (bicyclic) bond motifs is 1. The van der Waals surface area contributed by atoms with Crippen LogP contribution in [-0.2, 0) is 11.3 Å². The summed E-state index contributed by atoms with van der Waals surface area (Å²) in [6.45, 7) is 3.65. The Balaban J connectivity index is 1.73. The van der Waals surface area contributed by atoms with E-state index in [1.807, 2.05) is 17.5 Å². The highest BCUT2D eigenvalue weighted by Gasteiger charge is 2.24. The molecule has 0 bridgehead atoms. The zero-order valence-electron chi connectivity index (χ0n) is 14.6. The van der Waals surface area contributed by atoms with Crippen LogP contribution in [0.1, 0.15) is 28.7 Å². The van der Waals surface area contributed by atoms with E-state index in [-0.39, 0.29) is 29.8 Å². The molecule has 0 N–H and O–H groups in total. The van der Waals surface area contributed by atoms with Gasteiger partial charge in [0, 0.05) is 6.07 Å². The standard InChI is InChI=1S/C18H15N3O5S/c1-3-24-18(23)14-10(2)25-16-15(14)17(22)21(9-19-16)8-11-7-12(26-20-11)13-5-4-6-27-13/h4-7,9H,3,8H2,1-2H3. The number of esters is 1. The average Bonchev–Trinajstić information content (AvgIpc) is 3.36. The summed E-state index contributed by atoms with van der Waals surface area (Å²) < 4.78 is 17.2. The van der Waals surface area contributed by atoms with Crippen molar-refractivity contribution in [1.29, 1.82) is 0 Å². The van der Waals surface area contributed by atoms with Crippen LogP contribution in [0.4, 0.5) is 0 Å². The van der Waals surface area contributed by atoms with Crippen molar-refractivity contribution in [1.82, 2.24) is 14.7 Å². The van der Waals surface area contributed by atoms with Gasteiger partial charge in [-0.25, -0.2) is 9.78 Å². The third kappa shape index (κ3) is 3.06. The summed E-state index contributed by atoms with van der Waals surface area (Å²) in [4.78, 5) is 30.2. The molecule has 4 aromatic heterocycles. The summed E-state index contributed by atoms with van der Waals surface area (Å²) in [5, 5.41) is 6.06. The third-order valence-corrected chi connectivity index (χ3v) is 4.87. The molecule has 0 saturated carbocycles. The van der Waals surface area contributed by atoms with Gasteiger partial charge in [0.1, 0.15) is 28.7 Å². The molecule has 0 fully saturated rings. The lowest BCUT2D eigenvalue weighted by molar-refractivity contribution is 0.0526. The van der Waals surface area contributed by atoms with E-state index in [2.05, 4.69) is 10.1 Å². The molecule has 0 aliphatic rings. The number of ether oxygens (including phenoxy) is 1. The summed E-state index contributed by atoms with van der Waals surface area (Å²) in [7, 11) is 0. The minimum absolute atomic E-state index is 0.107. The number of carbonyl (C=O) groups is 1. The van der Waals surface area contributed by atoms with Crippen LogP contribution < -0.4 is 5.56 Å². The molecule has 9 heteroatoms. The lowest BCUT2D eigenvalue weighted by Crippen LogP contribution is -2.22. The van der Waals surface area contributed by atoms with Gasteiger partial charge in [-0.15, -0.1) is 11.3 Å². The van der Waals surface area contributed by atoms with Gasteiger partial charge in [0.2, 0.25) is 5.71 Å². The maximum Gasteiger partial charge on any atom is 0.342 e. The number of hydrogen-bond donors (Lipinski definition) is 0. The SMILES string of the molecule is CCOC(=O)c1c(C)oc2ncn(Cc3cc(-c4cccs4)on3)c(=O)c12. The van der Waals surface area contributed by atoms with Crippen LogP contribution in [0.25, 0.3) is 21.7 Å².